The number of hydrogen-bond donors (Lipinski definition) is 1. The van der Waals surface area contributed by atoms with Crippen molar-refractivity contribution < 1.29 is 14.6 Å². The molecule has 0 amide bonds. The van der Waals surface area contributed by atoms with E-state index < -0.39 is 0 Å². The number of benzene rings is 1. The normalized spacial score (nSPS) is 40.4. The van der Waals surface area contributed by atoms with Crippen LogP contribution < -0.4 is 9.47 Å². The van der Waals surface area contributed by atoms with Gasteiger partial charge in [-0.15, -0.1) is 0 Å². The summed E-state index contributed by atoms with van der Waals surface area (Å²) in [7, 11) is 0. The van der Waals surface area contributed by atoms with Crippen molar-refractivity contribution in [2.45, 2.75) is 49.8 Å². The molecule has 1 N–H and O–H groups in total. The van der Waals surface area contributed by atoms with Crippen LogP contribution in [-0.4, -0.2) is 35.5 Å². The monoisotopic (exact) mass is 273 g/mol. The first kappa shape index (κ1) is 11.4. The predicted octanol–water partition coefficient (Wildman–Crippen LogP) is 1.79. The molecule has 3 aliphatic heterocycles. The first-order valence-electron chi connectivity index (χ1n) is 7.61. The van der Waals surface area contributed by atoms with Crippen molar-refractivity contribution in [1.29, 1.82) is 0 Å². The minimum atomic E-state index is -0.121. The molecule has 106 valence electrons. The van der Waals surface area contributed by atoms with Gasteiger partial charge in [0.15, 0.2) is 11.5 Å². The lowest BCUT2D eigenvalue weighted by Crippen LogP contribution is -2.51. The summed E-state index contributed by atoms with van der Waals surface area (Å²) in [5.74, 6) is 1.80. The first-order valence-corrected chi connectivity index (χ1v) is 7.61. The smallest absolute Gasteiger partial charge is 0.231 e. The van der Waals surface area contributed by atoms with Crippen molar-refractivity contribution in [2.75, 3.05) is 13.3 Å². The van der Waals surface area contributed by atoms with Gasteiger partial charge in [0.05, 0.1) is 6.10 Å². The maximum Gasteiger partial charge on any atom is 0.231 e. The van der Waals surface area contributed by atoms with E-state index in [1.165, 1.54) is 17.5 Å². The summed E-state index contributed by atoms with van der Waals surface area (Å²) in [6.07, 6.45) is 4.05. The summed E-state index contributed by atoms with van der Waals surface area (Å²) in [4.78, 5) is 2.56. The van der Waals surface area contributed by atoms with E-state index in [0.717, 1.165) is 43.9 Å². The highest BCUT2D eigenvalue weighted by molar-refractivity contribution is 5.53. The summed E-state index contributed by atoms with van der Waals surface area (Å²) in [5.41, 5.74) is 3.11. The molecule has 1 saturated heterocycles. The summed E-state index contributed by atoms with van der Waals surface area (Å²) in [5, 5.41) is 10.0. The Morgan fingerprint density at radius 3 is 2.95 bits per heavy atom. The molecule has 2 bridgehead atoms. The summed E-state index contributed by atoms with van der Waals surface area (Å²) in [6, 6.07) is 4.92. The molecule has 4 nitrogen and oxygen atoms in total. The van der Waals surface area contributed by atoms with Crippen LogP contribution in [0.1, 0.15) is 36.8 Å². The van der Waals surface area contributed by atoms with E-state index in [1.807, 2.05) is 0 Å². The molecule has 1 saturated carbocycles. The molecule has 1 aromatic carbocycles. The van der Waals surface area contributed by atoms with Crippen LogP contribution in [0, 0.1) is 0 Å². The largest absolute Gasteiger partial charge is 0.454 e. The predicted molar refractivity (Wildman–Crippen MR) is 72.9 cm³/mol. The zero-order valence-electron chi connectivity index (χ0n) is 11.5. The molecular formula is C16H19NO3. The van der Waals surface area contributed by atoms with E-state index in [0.29, 0.717) is 12.8 Å². The Labute approximate surface area is 118 Å². The molecule has 2 unspecified atom stereocenters. The Morgan fingerprint density at radius 1 is 1.20 bits per heavy atom. The maximum absolute atomic E-state index is 10.0. The Hall–Kier alpha value is -1.26. The van der Waals surface area contributed by atoms with E-state index in [4.69, 9.17) is 9.47 Å². The van der Waals surface area contributed by atoms with Gasteiger partial charge in [-0.2, -0.15) is 0 Å². The summed E-state index contributed by atoms with van der Waals surface area (Å²) in [6.45, 7) is 2.49. The number of aliphatic hydroxyl groups is 1. The van der Waals surface area contributed by atoms with Gasteiger partial charge in [-0.05, 0) is 55.5 Å². The summed E-state index contributed by atoms with van der Waals surface area (Å²) < 4.78 is 11.1. The Balaban J connectivity index is 1.68. The van der Waals surface area contributed by atoms with Crippen LogP contribution in [0.15, 0.2) is 12.1 Å². The Morgan fingerprint density at radius 2 is 2.05 bits per heavy atom. The summed E-state index contributed by atoms with van der Waals surface area (Å²) >= 11 is 0. The van der Waals surface area contributed by atoms with Crippen molar-refractivity contribution in [3.8, 4) is 11.5 Å². The van der Waals surface area contributed by atoms with Gasteiger partial charge in [-0.25, -0.2) is 0 Å². The van der Waals surface area contributed by atoms with E-state index >= 15 is 0 Å². The van der Waals surface area contributed by atoms with Crippen molar-refractivity contribution >= 4 is 0 Å². The standard InChI is InChI=1S/C16H19NO3/c18-11-1-2-16-3-4-17(15(16)6-11)8-10-5-13-14(7-12(10)16)20-9-19-13/h5,7,11,15,18H,1-4,6,8-9H2/t11-,15?,16-/m1/s1. The molecule has 1 aromatic rings. The zero-order valence-corrected chi connectivity index (χ0v) is 11.5. The number of fused-ring (bicyclic) bond motifs is 2. The van der Waals surface area contributed by atoms with Gasteiger partial charge in [-0.3, -0.25) is 4.90 Å². The second kappa shape index (κ2) is 3.68. The second-order valence-electron chi connectivity index (χ2n) is 6.68. The average molecular weight is 273 g/mol. The third kappa shape index (κ3) is 1.29. The zero-order chi connectivity index (χ0) is 13.3. The highest BCUT2D eigenvalue weighted by atomic mass is 16.7. The van der Waals surface area contributed by atoms with Crippen molar-refractivity contribution in [2.24, 2.45) is 0 Å². The molecule has 1 aliphatic carbocycles. The highest BCUT2D eigenvalue weighted by Crippen LogP contribution is 2.55. The minimum Gasteiger partial charge on any atom is -0.454 e. The van der Waals surface area contributed by atoms with Gasteiger partial charge >= 0.3 is 0 Å². The van der Waals surface area contributed by atoms with Crippen LogP contribution in [0.25, 0.3) is 0 Å². The fraction of sp³-hybridized carbons (Fsp3) is 0.625. The van der Waals surface area contributed by atoms with Gasteiger partial charge < -0.3 is 14.6 Å². The molecule has 2 fully saturated rings. The van der Waals surface area contributed by atoms with E-state index in [2.05, 4.69) is 17.0 Å². The fourth-order valence-electron chi connectivity index (χ4n) is 4.92. The maximum atomic E-state index is 10.0. The molecular weight excluding hydrogens is 254 g/mol. The number of aliphatic hydroxyl groups excluding tert-OH is 1. The van der Waals surface area contributed by atoms with Crippen LogP contribution in [0.5, 0.6) is 11.5 Å². The molecule has 4 aliphatic rings. The van der Waals surface area contributed by atoms with Crippen LogP contribution in [-0.2, 0) is 12.0 Å². The quantitative estimate of drug-likeness (QED) is 0.782. The molecule has 4 atom stereocenters. The van der Waals surface area contributed by atoms with E-state index in [9.17, 15) is 5.11 Å². The highest BCUT2D eigenvalue weighted by Gasteiger charge is 2.54. The second-order valence-corrected chi connectivity index (χ2v) is 6.68. The number of hydrogen-bond acceptors (Lipinski definition) is 4. The fourth-order valence-corrected chi connectivity index (χ4v) is 4.92. The lowest BCUT2D eigenvalue weighted by molar-refractivity contribution is 0.0384. The topological polar surface area (TPSA) is 41.9 Å². The SMILES string of the molecule is O[C@@H]1CC[C@@]23CCN(Cc4cc5c(cc42)OCO5)C3C1. The lowest BCUT2D eigenvalue weighted by Gasteiger charge is -2.48. The van der Waals surface area contributed by atoms with Gasteiger partial charge in [0.2, 0.25) is 6.79 Å². The third-order valence-electron chi connectivity index (χ3n) is 5.85. The Kier molecular flexibility index (Phi) is 2.10. The Bertz CT molecular complexity index is 587. The molecule has 5 rings (SSSR count). The third-order valence-corrected chi connectivity index (χ3v) is 5.85. The average Bonchev–Trinajstić information content (AvgIpc) is 3.00. The van der Waals surface area contributed by atoms with Crippen LogP contribution in [0.2, 0.25) is 0 Å². The van der Waals surface area contributed by atoms with Crippen molar-refractivity contribution in [3.63, 3.8) is 0 Å². The van der Waals surface area contributed by atoms with Crippen LogP contribution in [0.3, 0.4) is 0 Å². The molecule has 4 heteroatoms. The van der Waals surface area contributed by atoms with Crippen LogP contribution >= 0.6 is 0 Å². The number of ether oxygens (including phenoxy) is 2. The molecule has 0 radical (unpaired) electrons. The molecule has 0 spiro atoms. The lowest BCUT2D eigenvalue weighted by atomic mass is 9.63. The molecule has 20 heavy (non-hydrogen) atoms. The van der Waals surface area contributed by atoms with Crippen molar-refractivity contribution in [3.05, 3.63) is 23.3 Å². The first-order chi connectivity index (χ1) is 9.76. The van der Waals surface area contributed by atoms with E-state index in [1.54, 1.807) is 0 Å². The number of nitrogens with zero attached hydrogens (tertiary/aromatic N) is 1. The molecule has 0 aromatic heterocycles. The van der Waals surface area contributed by atoms with Crippen molar-refractivity contribution in [1.82, 2.24) is 4.90 Å². The van der Waals surface area contributed by atoms with Gasteiger partial charge in [0, 0.05) is 18.0 Å². The minimum absolute atomic E-state index is 0.121. The molecule has 3 heterocycles. The van der Waals surface area contributed by atoms with Crippen LogP contribution in [0.4, 0.5) is 0 Å². The van der Waals surface area contributed by atoms with E-state index in [-0.39, 0.29) is 11.5 Å². The number of rotatable bonds is 0. The van der Waals surface area contributed by atoms with Gasteiger partial charge in [0.25, 0.3) is 0 Å². The van der Waals surface area contributed by atoms with Gasteiger partial charge in [0.1, 0.15) is 0 Å². The van der Waals surface area contributed by atoms with Gasteiger partial charge in [-0.1, -0.05) is 0 Å².